The van der Waals surface area contributed by atoms with Crippen molar-refractivity contribution in [2.75, 3.05) is 0 Å². The van der Waals surface area contributed by atoms with Crippen molar-refractivity contribution in [1.29, 1.82) is 0 Å². The lowest BCUT2D eigenvalue weighted by Crippen LogP contribution is -2.58. The smallest absolute Gasteiger partial charge is 0.302 e. The van der Waals surface area contributed by atoms with Crippen LogP contribution in [0.3, 0.4) is 0 Å². The van der Waals surface area contributed by atoms with Gasteiger partial charge >= 0.3 is 11.9 Å². The molecule has 5 heteroatoms. The molecule has 0 heterocycles. The molecule has 4 aliphatic carbocycles. The van der Waals surface area contributed by atoms with Gasteiger partial charge in [0, 0.05) is 19.3 Å². The van der Waals surface area contributed by atoms with Crippen molar-refractivity contribution >= 4 is 11.9 Å². The Morgan fingerprint density at radius 3 is 2.14 bits per heavy atom. The molecule has 0 aromatic carbocycles. The van der Waals surface area contributed by atoms with E-state index in [1.54, 1.807) is 0 Å². The molecule has 1 N–H and O–H groups in total. The molecule has 0 amide bonds. The third-order valence-electron chi connectivity index (χ3n) is 9.19. The molecule has 0 aliphatic heterocycles. The standard InChI is InChI=1S/C23H36O5/c1-13(24)27-15-7-9-22(3)18-8-10-23(4)17(5-6-21(23)28-14(2)25)16(18)12-20(26)19(22)11-15/h15-21,26H,5-12H2,1-4H3/t15?,16-,17-,18-,19+,20+,21?,22+,23-/m0/s1. The zero-order valence-electron chi connectivity index (χ0n) is 17.8. The molecule has 28 heavy (non-hydrogen) atoms. The van der Waals surface area contributed by atoms with Gasteiger partial charge in [-0.2, -0.15) is 0 Å². The number of hydrogen-bond donors (Lipinski definition) is 1. The van der Waals surface area contributed by atoms with Crippen molar-refractivity contribution in [2.24, 2.45) is 34.5 Å². The minimum absolute atomic E-state index is 0.0262. The van der Waals surface area contributed by atoms with Gasteiger partial charge in [-0.1, -0.05) is 13.8 Å². The third kappa shape index (κ3) is 3.09. The number of esters is 2. The van der Waals surface area contributed by atoms with Crippen molar-refractivity contribution in [1.82, 2.24) is 0 Å². The molecule has 2 unspecified atom stereocenters. The van der Waals surface area contributed by atoms with Crippen LogP contribution in [-0.4, -0.2) is 35.4 Å². The maximum atomic E-state index is 11.6. The van der Waals surface area contributed by atoms with Gasteiger partial charge in [0.15, 0.2) is 0 Å². The van der Waals surface area contributed by atoms with Gasteiger partial charge in [0.25, 0.3) is 0 Å². The number of aliphatic hydroxyl groups excluding tert-OH is 1. The minimum atomic E-state index is -0.334. The van der Waals surface area contributed by atoms with E-state index in [9.17, 15) is 14.7 Å². The number of hydrogen-bond acceptors (Lipinski definition) is 5. The summed E-state index contributed by atoms with van der Waals surface area (Å²) in [6, 6.07) is 0. The van der Waals surface area contributed by atoms with E-state index >= 15 is 0 Å². The van der Waals surface area contributed by atoms with Crippen LogP contribution in [0.25, 0.3) is 0 Å². The van der Waals surface area contributed by atoms with Crippen molar-refractivity contribution in [3.05, 3.63) is 0 Å². The average molecular weight is 393 g/mol. The van der Waals surface area contributed by atoms with E-state index in [-0.39, 0.29) is 47.0 Å². The summed E-state index contributed by atoms with van der Waals surface area (Å²) in [7, 11) is 0. The van der Waals surface area contributed by atoms with Crippen LogP contribution in [0.2, 0.25) is 0 Å². The summed E-state index contributed by atoms with van der Waals surface area (Å²) in [6.07, 6.45) is 7.49. The van der Waals surface area contributed by atoms with E-state index in [0.717, 1.165) is 51.4 Å². The van der Waals surface area contributed by atoms with Crippen LogP contribution >= 0.6 is 0 Å². The molecule has 4 fully saturated rings. The Bertz CT molecular complexity index is 647. The van der Waals surface area contributed by atoms with Crippen molar-refractivity contribution in [3.63, 3.8) is 0 Å². The highest BCUT2D eigenvalue weighted by atomic mass is 16.5. The summed E-state index contributed by atoms with van der Waals surface area (Å²) >= 11 is 0. The summed E-state index contributed by atoms with van der Waals surface area (Å²) in [5.41, 5.74) is 0.157. The Morgan fingerprint density at radius 2 is 1.46 bits per heavy atom. The average Bonchev–Trinajstić information content (AvgIpc) is 2.92. The van der Waals surface area contributed by atoms with E-state index in [1.807, 2.05) is 0 Å². The van der Waals surface area contributed by atoms with E-state index in [2.05, 4.69) is 13.8 Å². The van der Waals surface area contributed by atoms with Gasteiger partial charge in [-0.3, -0.25) is 9.59 Å². The molecule has 0 aromatic rings. The second-order valence-corrected chi connectivity index (χ2v) is 10.5. The quantitative estimate of drug-likeness (QED) is 0.723. The Balaban J connectivity index is 1.55. The molecule has 9 atom stereocenters. The maximum Gasteiger partial charge on any atom is 0.302 e. The molecule has 0 radical (unpaired) electrons. The van der Waals surface area contributed by atoms with E-state index < -0.39 is 0 Å². The van der Waals surface area contributed by atoms with Crippen LogP contribution in [0.15, 0.2) is 0 Å². The van der Waals surface area contributed by atoms with Gasteiger partial charge in [0.1, 0.15) is 12.2 Å². The summed E-state index contributed by atoms with van der Waals surface area (Å²) in [4.78, 5) is 23.0. The Labute approximate surface area is 168 Å². The summed E-state index contributed by atoms with van der Waals surface area (Å²) in [6.45, 7) is 7.68. The lowest BCUT2D eigenvalue weighted by Gasteiger charge is -2.62. The first-order valence-corrected chi connectivity index (χ1v) is 11.2. The normalized spacial score (nSPS) is 50.1. The fourth-order valence-electron chi connectivity index (χ4n) is 7.95. The first kappa shape index (κ1) is 20.2. The van der Waals surface area contributed by atoms with Crippen LogP contribution in [0, 0.1) is 34.5 Å². The number of rotatable bonds is 2. The zero-order valence-corrected chi connectivity index (χ0v) is 17.8. The number of fused-ring (bicyclic) bond motifs is 5. The molecule has 0 aromatic heterocycles. The van der Waals surface area contributed by atoms with Gasteiger partial charge in [-0.05, 0) is 80.5 Å². The van der Waals surface area contributed by atoms with Crippen molar-refractivity contribution < 1.29 is 24.2 Å². The first-order chi connectivity index (χ1) is 13.1. The SMILES string of the molecule is CC(=O)OC1CC[C@@]2(C)[C@H](C1)[C@H](O)C[C@@H]1[C@@H]2CC[C@]2(C)C(OC(C)=O)CC[C@@H]12. The maximum absolute atomic E-state index is 11.6. The second kappa shape index (κ2) is 7.00. The number of carbonyl (C=O) groups excluding carboxylic acids is 2. The lowest BCUT2D eigenvalue weighted by molar-refractivity contribution is -0.187. The van der Waals surface area contributed by atoms with E-state index in [0.29, 0.717) is 17.8 Å². The molecular formula is C23H36O5. The monoisotopic (exact) mass is 392 g/mol. The highest BCUT2D eigenvalue weighted by Crippen LogP contribution is 2.66. The predicted molar refractivity (Wildman–Crippen MR) is 104 cm³/mol. The largest absolute Gasteiger partial charge is 0.463 e. The Hall–Kier alpha value is -1.10. The topological polar surface area (TPSA) is 72.8 Å². The van der Waals surface area contributed by atoms with Crippen LogP contribution in [0.1, 0.15) is 79.1 Å². The summed E-state index contributed by atoms with van der Waals surface area (Å²) in [5.74, 6) is 1.45. The zero-order chi connectivity index (χ0) is 20.3. The van der Waals surface area contributed by atoms with Gasteiger partial charge in [-0.15, -0.1) is 0 Å². The van der Waals surface area contributed by atoms with Gasteiger partial charge in [-0.25, -0.2) is 0 Å². The van der Waals surface area contributed by atoms with E-state index in [4.69, 9.17) is 9.47 Å². The highest BCUT2D eigenvalue weighted by Gasteiger charge is 2.62. The fourth-order valence-corrected chi connectivity index (χ4v) is 7.95. The lowest BCUT2D eigenvalue weighted by atomic mass is 9.44. The van der Waals surface area contributed by atoms with Crippen LogP contribution in [-0.2, 0) is 19.1 Å². The van der Waals surface area contributed by atoms with Crippen molar-refractivity contribution in [2.45, 2.75) is 97.4 Å². The molecule has 5 nitrogen and oxygen atoms in total. The third-order valence-corrected chi connectivity index (χ3v) is 9.19. The molecule has 4 saturated carbocycles. The van der Waals surface area contributed by atoms with Gasteiger partial charge in [0.05, 0.1) is 6.10 Å². The molecule has 0 saturated heterocycles. The fraction of sp³-hybridized carbons (Fsp3) is 0.913. The minimum Gasteiger partial charge on any atom is -0.463 e. The second-order valence-electron chi connectivity index (χ2n) is 10.5. The van der Waals surface area contributed by atoms with Crippen LogP contribution in [0.5, 0.6) is 0 Å². The molecule has 4 rings (SSSR count). The molecule has 158 valence electrons. The summed E-state index contributed by atoms with van der Waals surface area (Å²) in [5, 5.41) is 11.1. The Morgan fingerprint density at radius 1 is 0.821 bits per heavy atom. The van der Waals surface area contributed by atoms with E-state index in [1.165, 1.54) is 13.8 Å². The first-order valence-electron chi connectivity index (χ1n) is 11.2. The van der Waals surface area contributed by atoms with Crippen LogP contribution < -0.4 is 0 Å². The van der Waals surface area contributed by atoms with Crippen LogP contribution in [0.4, 0.5) is 0 Å². The Kier molecular flexibility index (Phi) is 5.05. The summed E-state index contributed by atoms with van der Waals surface area (Å²) < 4.78 is 11.2. The highest BCUT2D eigenvalue weighted by molar-refractivity contribution is 5.66. The van der Waals surface area contributed by atoms with Crippen molar-refractivity contribution in [3.8, 4) is 0 Å². The van der Waals surface area contributed by atoms with Gasteiger partial charge < -0.3 is 14.6 Å². The molecule has 0 spiro atoms. The van der Waals surface area contributed by atoms with Gasteiger partial charge in [0.2, 0.25) is 0 Å². The number of carbonyl (C=O) groups is 2. The predicted octanol–water partition coefficient (Wildman–Crippen LogP) is 3.86. The number of ether oxygens (including phenoxy) is 2. The number of aliphatic hydroxyl groups is 1. The molecular weight excluding hydrogens is 356 g/mol. The molecule has 4 aliphatic rings. The molecule has 0 bridgehead atoms.